The number of likely N-dealkylation sites (N-methyl/N-ethyl adjacent to an activating group) is 1. The van der Waals surface area contributed by atoms with E-state index in [2.05, 4.69) is 0 Å². The second-order valence-electron chi connectivity index (χ2n) is 5.78. The van der Waals surface area contributed by atoms with Crippen LogP contribution in [0.25, 0.3) is 0 Å². The van der Waals surface area contributed by atoms with Crippen LogP contribution in [0.1, 0.15) is 18.5 Å². The van der Waals surface area contributed by atoms with Gasteiger partial charge in [0.25, 0.3) is 5.91 Å². The van der Waals surface area contributed by atoms with Gasteiger partial charge in [0, 0.05) is 13.1 Å². The summed E-state index contributed by atoms with van der Waals surface area (Å²) in [5, 5.41) is 5.87. The molecule has 27 heavy (non-hydrogen) atoms. The van der Waals surface area contributed by atoms with Gasteiger partial charge in [-0.05, 0) is 30.7 Å². The highest BCUT2D eigenvalue weighted by molar-refractivity contribution is 7.89. The fraction of sp³-hybridized carbons (Fsp3) is 0.235. The number of carbonyl (C=O) groups excluding carboxylic acids is 1. The molecule has 0 saturated carbocycles. The van der Waals surface area contributed by atoms with Gasteiger partial charge >= 0.3 is 0 Å². The van der Waals surface area contributed by atoms with E-state index in [0.717, 1.165) is 5.56 Å². The minimum absolute atomic E-state index is 0.00465. The molecule has 2 aromatic rings. The topological polar surface area (TPSA) is 89.7 Å². The molecule has 1 unspecified atom stereocenters. The van der Waals surface area contributed by atoms with Crippen molar-refractivity contribution in [2.24, 2.45) is 5.14 Å². The smallest absolute Gasteiger partial charge is 0.260 e. The molecule has 0 aliphatic heterocycles. The highest BCUT2D eigenvalue weighted by Crippen LogP contribution is 2.34. The number of primary sulfonamides is 1. The van der Waals surface area contributed by atoms with Gasteiger partial charge in [-0.15, -0.1) is 0 Å². The van der Waals surface area contributed by atoms with Crippen LogP contribution in [0, 0.1) is 0 Å². The Hall–Kier alpha value is -1.51. The van der Waals surface area contributed by atoms with Crippen LogP contribution in [0.3, 0.4) is 0 Å². The van der Waals surface area contributed by atoms with Gasteiger partial charge in [-0.2, -0.15) is 0 Å². The van der Waals surface area contributed by atoms with E-state index in [1.807, 2.05) is 0 Å². The van der Waals surface area contributed by atoms with Crippen molar-refractivity contribution in [3.8, 4) is 5.75 Å². The van der Waals surface area contributed by atoms with Crippen LogP contribution in [-0.4, -0.2) is 32.9 Å². The zero-order valence-corrected chi connectivity index (χ0v) is 17.5. The molecule has 2 aromatic carbocycles. The Balaban J connectivity index is 2.05. The first-order valence-electron chi connectivity index (χ1n) is 7.66. The van der Waals surface area contributed by atoms with Gasteiger partial charge in [-0.25, -0.2) is 13.6 Å². The number of hydrogen-bond donors (Lipinski definition) is 1. The lowest BCUT2D eigenvalue weighted by Gasteiger charge is -2.25. The number of sulfonamides is 1. The molecule has 0 aliphatic carbocycles. The molecule has 2 rings (SSSR count). The second-order valence-corrected chi connectivity index (χ2v) is 8.56. The SMILES string of the molecule is CC(c1ccc(S(N)(=O)=O)cc1)N(C)C(=O)COc1cc(Cl)c(Cl)cc1Cl. The Kier molecular flexibility index (Phi) is 6.99. The number of amides is 1. The molecule has 1 amide bonds. The summed E-state index contributed by atoms with van der Waals surface area (Å²) in [5.41, 5.74) is 0.741. The lowest BCUT2D eigenvalue weighted by molar-refractivity contribution is -0.134. The van der Waals surface area contributed by atoms with Gasteiger partial charge in [0.2, 0.25) is 10.0 Å². The van der Waals surface area contributed by atoms with Crippen molar-refractivity contribution in [2.45, 2.75) is 17.9 Å². The predicted molar refractivity (Wildman–Crippen MR) is 106 cm³/mol. The van der Waals surface area contributed by atoms with E-state index in [0.29, 0.717) is 0 Å². The summed E-state index contributed by atoms with van der Waals surface area (Å²) >= 11 is 17.8. The molecule has 2 N–H and O–H groups in total. The zero-order valence-electron chi connectivity index (χ0n) is 14.4. The molecule has 0 aliphatic rings. The van der Waals surface area contributed by atoms with Gasteiger partial charge in [0.1, 0.15) is 5.75 Å². The quantitative estimate of drug-likeness (QED) is 0.675. The minimum Gasteiger partial charge on any atom is -0.482 e. The number of carbonyl (C=O) groups is 1. The molecule has 1 atom stereocenters. The van der Waals surface area contributed by atoms with E-state index < -0.39 is 10.0 Å². The fourth-order valence-corrected chi connectivity index (χ4v) is 3.34. The average Bonchev–Trinajstić information content (AvgIpc) is 2.61. The number of rotatable bonds is 6. The molecule has 0 heterocycles. The number of halogens is 3. The monoisotopic (exact) mass is 450 g/mol. The molecule has 0 aromatic heterocycles. The maximum absolute atomic E-state index is 12.4. The van der Waals surface area contributed by atoms with Gasteiger partial charge < -0.3 is 9.64 Å². The maximum Gasteiger partial charge on any atom is 0.260 e. The lowest BCUT2D eigenvalue weighted by Crippen LogP contribution is -2.33. The Bertz CT molecular complexity index is 949. The summed E-state index contributed by atoms with van der Waals surface area (Å²) in [7, 11) is -2.15. The number of nitrogens with two attached hydrogens (primary N) is 1. The summed E-state index contributed by atoms with van der Waals surface area (Å²) in [6, 6.07) is 8.55. The predicted octanol–water partition coefficient (Wildman–Crippen LogP) is 3.89. The van der Waals surface area contributed by atoms with Crippen molar-refractivity contribution in [1.82, 2.24) is 4.90 Å². The molecule has 0 fully saturated rings. The van der Waals surface area contributed by atoms with Crippen LogP contribution in [0.5, 0.6) is 5.75 Å². The summed E-state index contributed by atoms with van der Waals surface area (Å²) in [4.78, 5) is 13.9. The Morgan fingerprint density at radius 3 is 2.22 bits per heavy atom. The van der Waals surface area contributed by atoms with E-state index in [1.165, 1.54) is 29.2 Å². The van der Waals surface area contributed by atoms with Gasteiger partial charge in [-0.1, -0.05) is 46.9 Å². The molecule has 0 spiro atoms. The van der Waals surface area contributed by atoms with Crippen molar-refractivity contribution < 1.29 is 17.9 Å². The first kappa shape index (κ1) is 21.8. The number of nitrogens with zero attached hydrogens (tertiary/aromatic N) is 1. The fourth-order valence-electron chi connectivity index (χ4n) is 2.23. The third-order valence-electron chi connectivity index (χ3n) is 3.99. The minimum atomic E-state index is -3.77. The molecular weight excluding hydrogens is 435 g/mol. The second kappa shape index (κ2) is 8.67. The number of ether oxygens (including phenoxy) is 1. The molecule has 10 heteroatoms. The first-order valence-corrected chi connectivity index (χ1v) is 10.3. The first-order chi connectivity index (χ1) is 12.5. The normalized spacial score (nSPS) is 12.5. The van der Waals surface area contributed by atoms with Crippen LogP contribution >= 0.6 is 34.8 Å². The largest absolute Gasteiger partial charge is 0.482 e. The van der Waals surface area contributed by atoms with Gasteiger partial charge in [0.05, 0.1) is 26.0 Å². The van der Waals surface area contributed by atoms with E-state index in [4.69, 9.17) is 44.7 Å². The van der Waals surface area contributed by atoms with Crippen molar-refractivity contribution in [2.75, 3.05) is 13.7 Å². The summed E-state index contributed by atoms with van der Waals surface area (Å²) in [6.45, 7) is 1.55. The lowest BCUT2D eigenvalue weighted by atomic mass is 10.1. The van der Waals surface area contributed by atoms with Gasteiger partial charge in [0.15, 0.2) is 6.61 Å². The van der Waals surface area contributed by atoms with Crippen LogP contribution in [0.2, 0.25) is 15.1 Å². The molecule has 0 radical (unpaired) electrons. The third kappa shape index (κ3) is 5.49. The third-order valence-corrected chi connectivity index (χ3v) is 5.94. The molecule has 6 nitrogen and oxygen atoms in total. The summed E-state index contributed by atoms with van der Waals surface area (Å²) in [5.74, 6) is -0.0573. The highest BCUT2D eigenvalue weighted by Gasteiger charge is 2.19. The summed E-state index contributed by atoms with van der Waals surface area (Å²) in [6.07, 6.45) is 0. The molecular formula is C17H17Cl3N2O4S. The maximum atomic E-state index is 12.4. The zero-order chi connectivity index (χ0) is 20.4. The standard InChI is InChI=1S/C17H17Cl3N2O4S/c1-10(11-3-5-12(6-4-11)27(21,24)25)22(2)17(23)9-26-16-8-14(19)13(18)7-15(16)20/h3-8,10H,9H2,1-2H3,(H2,21,24,25). The van der Waals surface area contributed by atoms with Crippen LogP contribution in [-0.2, 0) is 14.8 Å². The van der Waals surface area contributed by atoms with Crippen molar-refractivity contribution in [1.29, 1.82) is 0 Å². The van der Waals surface area contributed by atoms with E-state index in [-0.39, 0.29) is 44.3 Å². The number of hydrogen-bond acceptors (Lipinski definition) is 4. The Morgan fingerprint density at radius 1 is 1.11 bits per heavy atom. The Labute approximate surface area is 172 Å². The van der Waals surface area contributed by atoms with E-state index in [1.54, 1.807) is 26.1 Å². The van der Waals surface area contributed by atoms with Crippen LogP contribution < -0.4 is 9.88 Å². The van der Waals surface area contributed by atoms with Crippen molar-refractivity contribution in [3.05, 3.63) is 57.0 Å². The number of benzene rings is 2. The molecule has 146 valence electrons. The average molecular weight is 452 g/mol. The van der Waals surface area contributed by atoms with E-state index >= 15 is 0 Å². The summed E-state index contributed by atoms with van der Waals surface area (Å²) < 4.78 is 28.1. The highest BCUT2D eigenvalue weighted by atomic mass is 35.5. The van der Waals surface area contributed by atoms with Crippen LogP contribution in [0.15, 0.2) is 41.3 Å². The van der Waals surface area contributed by atoms with Crippen molar-refractivity contribution in [3.63, 3.8) is 0 Å². The van der Waals surface area contributed by atoms with E-state index in [9.17, 15) is 13.2 Å². The Morgan fingerprint density at radius 2 is 1.67 bits per heavy atom. The van der Waals surface area contributed by atoms with Crippen LogP contribution in [0.4, 0.5) is 0 Å². The van der Waals surface area contributed by atoms with Crippen molar-refractivity contribution >= 4 is 50.7 Å². The molecule has 0 saturated heterocycles. The van der Waals surface area contributed by atoms with Gasteiger partial charge in [-0.3, -0.25) is 4.79 Å². The molecule has 0 bridgehead atoms.